The van der Waals surface area contributed by atoms with E-state index in [1.165, 1.54) is 0 Å². The van der Waals surface area contributed by atoms with Crippen LogP contribution < -0.4 is 15.4 Å². The van der Waals surface area contributed by atoms with E-state index < -0.39 is 8.32 Å². The molecule has 31 heavy (non-hydrogen) atoms. The summed E-state index contributed by atoms with van der Waals surface area (Å²) in [6.07, 6.45) is 0.840. The second kappa shape index (κ2) is 8.17. The van der Waals surface area contributed by atoms with Gasteiger partial charge in [-0.15, -0.1) is 0 Å². The molecule has 0 saturated carbocycles. The summed E-state index contributed by atoms with van der Waals surface area (Å²) in [5, 5.41) is 0.541. The van der Waals surface area contributed by atoms with E-state index in [1.54, 1.807) is 0 Å². The van der Waals surface area contributed by atoms with Crippen LogP contribution in [0.2, 0.25) is 23.3 Å². The molecule has 0 aromatic carbocycles. The summed E-state index contributed by atoms with van der Waals surface area (Å²) in [6.45, 7) is 13.8. The van der Waals surface area contributed by atoms with E-state index >= 15 is 0 Å². The number of ether oxygens (including phenoxy) is 1. The number of halogens is 2. The predicted octanol–water partition coefficient (Wildman–Crippen LogP) is 4.93. The Kier molecular flexibility index (Phi) is 6.00. The highest BCUT2D eigenvalue weighted by Gasteiger charge is 2.40. The zero-order chi connectivity index (χ0) is 22.6. The summed E-state index contributed by atoms with van der Waals surface area (Å²) in [6, 6.07) is 2.06. The third kappa shape index (κ3) is 4.42. The van der Waals surface area contributed by atoms with Crippen LogP contribution in [0.15, 0.2) is 10.7 Å². The van der Waals surface area contributed by atoms with Crippen molar-refractivity contribution in [3.05, 3.63) is 32.6 Å². The average Bonchev–Trinajstić information content (AvgIpc) is 3.24. The Morgan fingerprint density at radius 1 is 1.32 bits per heavy atom. The van der Waals surface area contributed by atoms with Gasteiger partial charge in [-0.3, -0.25) is 0 Å². The first kappa shape index (κ1) is 22.8. The minimum absolute atomic E-state index is 0.0784. The molecular weight excluding hydrogens is 498 g/mol. The number of aromatic nitrogens is 3. The molecular formula is C21H29BrClN5O2Si. The van der Waals surface area contributed by atoms with E-state index in [9.17, 15) is 0 Å². The molecule has 0 aliphatic carbocycles. The normalized spacial score (nSPS) is 18.2. The number of nitrogens with two attached hydrogens (primary N) is 1. The molecule has 0 fully saturated rings. The fourth-order valence-corrected chi connectivity index (χ4v) is 5.54. The van der Waals surface area contributed by atoms with Gasteiger partial charge in [-0.2, -0.15) is 4.98 Å². The molecule has 2 aromatic rings. The van der Waals surface area contributed by atoms with Gasteiger partial charge < -0.3 is 19.8 Å². The highest BCUT2D eigenvalue weighted by atomic mass is 79.9. The molecule has 2 aromatic heterocycles. The molecule has 0 radical (unpaired) electrons. The van der Waals surface area contributed by atoms with Crippen LogP contribution in [0.25, 0.3) is 0 Å². The number of rotatable bonds is 5. The van der Waals surface area contributed by atoms with Crippen LogP contribution >= 0.6 is 27.5 Å². The van der Waals surface area contributed by atoms with Gasteiger partial charge in [0.05, 0.1) is 12.3 Å². The largest absolute Gasteiger partial charge is 0.491 e. The SMILES string of the molecule is CC(C)(C)[Si](C)(C)OCC1CN(Cc2cc3c(nc2Br)CCO3)c2nc(N)nc(Cl)c21. The van der Waals surface area contributed by atoms with Gasteiger partial charge in [-0.05, 0) is 40.1 Å². The lowest BCUT2D eigenvalue weighted by Crippen LogP contribution is -2.42. The van der Waals surface area contributed by atoms with Crippen LogP contribution in [-0.2, 0) is 17.4 Å². The second-order valence-corrected chi connectivity index (χ2v) is 15.7. The monoisotopic (exact) mass is 525 g/mol. The standard InChI is InChI=1S/C21H29BrClN5O2Si/c1-21(2,3)31(4,5)30-11-13-10-28(19-16(13)18(23)26-20(24)27-19)9-12-8-15-14(6-7-29-15)25-17(12)22/h8,13H,6-7,9-11H2,1-5H3,(H2,24,26,27). The first-order valence-electron chi connectivity index (χ1n) is 10.5. The van der Waals surface area contributed by atoms with Gasteiger partial charge in [0.25, 0.3) is 0 Å². The van der Waals surface area contributed by atoms with Crippen LogP contribution in [0.1, 0.15) is 43.5 Å². The summed E-state index contributed by atoms with van der Waals surface area (Å²) in [5.41, 5.74) is 8.88. The molecule has 0 bridgehead atoms. The maximum absolute atomic E-state index is 6.54. The van der Waals surface area contributed by atoms with Gasteiger partial charge in [0, 0.05) is 43.2 Å². The Labute approximate surface area is 198 Å². The molecule has 0 spiro atoms. The fourth-order valence-electron chi connectivity index (χ4n) is 3.71. The van der Waals surface area contributed by atoms with Crippen molar-refractivity contribution in [3.8, 4) is 5.75 Å². The maximum Gasteiger partial charge on any atom is 0.223 e. The van der Waals surface area contributed by atoms with E-state index in [0.717, 1.165) is 46.0 Å². The van der Waals surface area contributed by atoms with Gasteiger partial charge in [-0.1, -0.05) is 32.4 Å². The lowest BCUT2D eigenvalue weighted by Gasteiger charge is -2.37. The van der Waals surface area contributed by atoms with Crippen LogP contribution in [0.3, 0.4) is 0 Å². The fraction of sp³-hybridized carbons (Fsp3) is 0.571. The van der Waals surface area contributed by atoms with Crippen molar-refractivity contribution >= 4 is 47.6 Å². The van der Waals surface area contributed by atoms with Crippen molar-refractivity contribution in [3.63, 3.8) is 0 Å². The van der Waals surface area contributed by atoms with Crippen molar-refractivity contribution in [1.82, 2.24) is 15.0 Å². The summed E-state index contributed by atoms with van der Waals surface area (Å²) in [5.74, 6) is 1.88. The lowest BCUT2D eigenvalue weighted by molar-refractivity contribution is 0.267. The molecule has 0 amide bonds. The smallest absolute Gasteiger partial charge is 0.223 e. The highest BCUT2D eigenvalue weighted by Crippen LogP contribution is 2.43. The third-order valence-corrected chi connectivity index (χ3v) is 12.0. The quantitative estimate of drug-likeness (QED) is 0.336. The molecule has 2 N–H and O–H groups in total. The van der Waals surface area contributed by atoms with Gasteiger partial charge in [0.2, 0.25) is 5.95 Å². The van der Waals surface area contributed by atoms with E-state index in [2.05, 4.69) is 75.7 Å². The number of pyridine rings is 1. The molecule has 2 aliphatic rings. The minimum atomic E-state index is -1.90. The van der Waals surface area contributed by atoms with E-state index in [-0.39, 0.29) is 16.9 Å². The number of hydrogen-bond donors (Lipinski definition) is 1. The molecule has 1 atom stereocenters. The number of fused-ring (bicyclic) bond motifs is 2. The summed E-state index contributed by atoms with van der Waals surface area (Å²) < 4.78 is 13.1. The first-order chi connectivity index (χ1) is 14.5. The van der Waals surface area contributed by atoms with Gasteiger partial charge in [0.15, 0.2) is 8.32 Å². The summed E-state index contributed by atoms with van der Waals surface area (Å²) in [4.78, 5) is 15.6. The first-order valence-corrected chi connectivity index (χ1v) is 14.6. The molecule has 4 heterocycles. The van der Waals surface area contributed by atoms with E-state index in [4.69, 9.17) is 26.5 Å². The Balaban J connectivity index is 1.61. The second-order valence-electron chi connectivity index (χ2n) is 9.74. The predicted molar refractivity (Wildman–Crippen MR) is 130 cm³/mol. The average molecular weight is 527 g/mol. The van der Waals surface area contributed by atoms with Crippen molar-refractivity contribution in [2.24, 2.45) is 0 Å². The Morgan fingerprint density at radius 3 is 2.77 bits per heavy atom. The summed E-state index contributed by atoms with van der Waals surface area (Å²) >= 11 is 10.2. The molecule has 7 nitrogen and oxygen atoms in total. The molecule has 2 aliphatic heterocycles. The molecule has 10 heteroatoms. The zero-order valence-electron chi connectivity index (χ0n) is 18.6. The highest BCUT2D eigenvalue weighted by molar-refractivity contribution is 9.10. The topological polar surface area (TPSA) is 86.4 Å². The van der Waals surface area contributed by atoms with Crippen LogP contribution in [-0.4, -0.2) is 43.0 Å². The number of nitrogen functional groups attached to an aromatic ring is 1. The van der Waals surface area contributed by atoms with Crippen LogP contribution in [0, 0.1) is 0 Å². The van der Waals surface area contributed by atoms with Crippen molar-refractivity contribution in [2.75, 3.05) is 30.4 Å². The Bertz CT molecular complexity index is 1010. The molecule has 0 saturated heterocycles. The van der Waals surface area contributed by atoms with Crippen molar-refractivity contribution in [1.29, 1.82) is 0 Å². The molecule has 4 rings (SSSR count). The maximum atomic E-state index is 6.54. The third-order valence-electron chi connectivity index (χ3n) is 6.54. The number of hydrogen-bond acceptors (Lipinski definition) is 7. The van der Waals surface area contributed by atoms with Crippen molar-refractivity contribution < 1.29 is 9.16 Å². The van der Waals surface area contributed by atoms with Gasteiger partial charge in [-0.25, -0.2) is 9.97 Å². The Hall–Kier alpha value is -1.42. The molecule has 1 unspecified atom stereocenters. The summed E-state index contributed by atoms with van der Waals surface area (Å²) in [7, 11) is -1.90. The van der Waals surface area contributed by atoms with Crippen molar-refractivity contribution in [2.45, 2.75) is 57.8 Å². The molecule has 168 valence electrons. The number of anilines is 2. The van der Waals surface area contributed by atoms with Crippen LogP contribution in [0.5, 0.6) is 5.75 Å². The zero-order valence-corrected chi connectivity index (χ0v) is 22.0. The van der Waals surface area contributed by atoms with Gasteiger partial charge in [0.1, 0.15) is 21.3 Å². The Morgan fingerprint density at radius 2 is 2.06 bits per heavy atom. The minimum Gasteiger partial charge on any atom is -0.491 e. The lowest BCUT2D eigenvalue weighted by atomic mass is 10.1. The van der Waals surface area contributed by atoms with Gasteiger partial charge >= 0.3 is 0 Å². The van der Waals surface area contributed by atoms with E-state index in [0.29, 0.717) is 24.9 Å². The van der Waals surface area contributed by atoms with Crippen LogP contribution in [0.4, 0.5) is 11.8 Å². The number of nitrogens with zero attached hydrogens (tertiary/aromatic N) is 4. The van der Waals surface area contributed by atoms with E-state index in [1.807, 2.05) is 0 Å².